The Morgan fingerprint density at radius 3 is 2.54 bits per heavy atom. The fourth-order valence-corrected chi connectivity index (χ4v) is 3.23. The summed E-state index contributed by atoms with van der Waals surface area (Å²) in [6.45, 7) is 8.10. The maximum absolute atomic E-state index is 12.4. The summed E-state index contributed by atoms with van der Waals surface area (Å²) in [7, 11) is 1.69. The van der Waals surface area contributed by atoms with Crippen molar-refractivity contribution in [2.75, 3.05) is 66.1 Å². The molecule has 1 aromatic carbocycles. The number of methoxy groups -OCH3 is 1. The van der Waals surface area contributed by atoms with Crippen molar-refractivity contribution in [3.8, 4) is 5.75 Å². The molecule has 132 valence electrons. The first kappa shape index (κ1) is 17.2. The third kappa shape index (κ3) is 4.69. The first-order valence-electron chi connectivity index (χ1n) is 8.68. The zero-order valence-electron chi connectivity index (χ0n) is 14.4. The molecule has 2 heterocycles. The summed E-state index contributed by atoms with van der Waals surface area (Å²) < 4.78 is 10.6. The molecule has 1 aromatic rings. The maximum Gasteiger partial charge on any atom is 0.236 e. The lowest BCUT2D eigenvalue weighted by Gasteiger charge is -2.36. The van der Waals surface area contributed by atoms with Gasteiger partial charge in [0.15, 0.2) is 0 Å². The van der Waals surface area contributed by atoms with Crippen LogP contribution in [0.25, 0.3) is 0 Å². The van der Waals surface area contributed by atoms with E-state index < -0.39 is 0 Å². The van der Waals surface area contributed by atoms with E-state index in [0.29, 0.717) is 6.54 Å². The molecule has 6 nitrogen and oxygen atoms in total. The van der Waals surface area contributed by atoms with E-state index in [9.17, 15) is 4.79 Å². The standard InChI is InChI=1S/C18H27N3O3/c1-23-17-4-2-3-16(13-17)14-19-5-7-21(8-6-19)18(22)15-20-9-11-24-12-10-20/h2-4,13H,5-12,14-15H2,1H3. The summed E-state index contributed by atoms with van der Waals surface area (Å²) in [4.78, 5) is 19.0. The van der Waals surface area contributed by atoms with Gasteiger partial charge in [-0.1, -0.05) is 12.1 Å². The highest BCUT2D eigenvalue weighted by molar-refractivity contribution is 5.78. The van der Waals surface area contributed by atoms with E-state index >= 15 is 0 Å². The van der Waals surface area contributed by atoms with Crippen LogP contribution in [0.4, 0.5) is 0 Å². The second kappa shape index (κ2) is 8.46. The number of carbonyl (C=O) groups excluding carboxylic acids is 1. The molecule has 6 heteroatoms. The lowest BCUT2D eigenvalue weighted by Crippen LogP contribution is -2.51. The molecular formula is C18H27N3O3. The summed E-state index contributed by atoms with van der Waals surface area (Å²) in [6.07, 6.45) is 0. The van der Waals surface area contributed by atoms with Crippen molar-refractivity contribution < 1.29 is 14.3 Å². The van der Waals surface area contributed by atoms with E-state index in [0.717, 1.165) is 64.8 Å². The quantitative estimate of drug-likeness (QED) is 0.793. The van der Waals surface area contributed by atoms with Crippen LogP contribution in [0.5, 0.6) is 5.75 Å². The topological polar surface area (TPSA) is 45.2 Å². The first-order valence-corrected chi connectivity index (χ1v) is 8.68. The minimum absolute atomic E-state index is 0.248. The second-order valence-corrected chi connectivity index (χ2v) is 6.40. The van der Waals surface area contributed by atoms with E-state index in [1.165, 1.54) is 5.56 Å². The number of morpholine rings is 1. The highest BCUT2D eigenvalue weighted by atomic mass is 16.5. The van der Waals surface area contributed by atoms with Crippen molar-refractivity contribution >= 4 is 5.91 Å². The number of rotatable bonds is 5. The van der Waals surface area contributed by atoms with Crippen LogP contribution in [0, 0.1) is 0 Å². The fourth-order valence-electron chi connectivity index (χ4n) is 3.23. The van der Waals surface area contributed by atoms with Gasteiger partial charge in [0.25, 0.3) is 0 Å². The highest BCUT2D eigenvalue weighted by Crippen LogP contribution is 2.15. The normalized spacial score (nSPS) is 20.1. The van der Waals surface area contributed by atoms with Crippen molar-refractivity contribution in [3.05, 3.63) is 29.8 Å². The number of piperazine rings is 1. The highest BCUT2D eigenvalue weighted by Gasteiger charge is 2.23. The van der Waals surface area contributed by atoms with Gasteiger partial charge < -0.3 is 14.4 Å². The van der Waals surface area contributed by atoms with Gasteiger partial charge in [-0.15, -0.1) is 0 Å². The summed E-state index contributed by atoms with van der Waals surface area (Å²) in [5, 5.41) is 0. The molecule has 2 saturated heterocycles. The van der Waals surface area contributed by atoms with Gasteiger partial charge >= 0.3 is 0 Å². The summed E-state index contributed by atoms with van der Waals surface area (Å²) in [5.41, 5.74) is 1.25. The zero-order chi connectivity index (χ0) is 16.8. The average Bonchev–Trinajstić information content (AvgIpc) is 2.63. The monoisotopic (exact) mass is 333 g/mol. The zero-order valence-corrected chi connectivity index (χ0v) is 14.4. The van der Waals surface area contributed by atoms with E-state index in [4.69, 9.17) is 9.47 Å². The van der Waals surface area contributed by atoms with Gasteiger partial charge in [0, 0.05) is 45.8 Å². The molecule has 0 aliphatic carbocycles. The van der Waals surface area contributed by atoms with Crippen LogP contribution in [0.3, 0.4) is 0 Å². The maximum atomic E-state index is 12.4. The SMILES string of the molecule is COc1cccc(CN2CCN(C(=O)CN3CCOCC3)CC2)c1. The largest absolute Gasteiger partial charge is 0.497 e. The molecular weight excluding hydrogens is 306 g/mol. The van der Waals surface area contributed by atoms with Crippen molar-refractivity contribution in [1.82, 2.24) is 14.7 Å². The van der Waals surface area contributed by atoms with Crippen LogP contribution >= 0.6 is 0 Å². The Balaban J connectivity index is 1.44. The lowest BCUT2D eigenvalue weighted by atomic mass is 10.2. The molecule has 0 N–H and O–H groups in total. The number of hydrogen-bond acceptors (Lipinski definition) is 5. The van der Waals surface area contributed by atoms with Crippen LogP contribution in [0.15, 0.2) is 24.3 Å². The fraction of sp³-hybridized carbons (Fsp3) is 0.611. The molecule has 0 bridgehead atoms. The Labute approximate surface area is 143 Å². The van der Waals surface area contributed by atoms with Gasteiger partial charge in [-0.05, 0) is 17.7 Å². The van der Waals surface area contributed by atoms with Gasteiger partial charge in [-0.2, -0.15) is 0 Å². The molecule has 0 unspecified atom stereocenters. The summed E-state index contributed by atoms with van der Waals surface area (Å²) in [6, 6.07) is 8.19. The minimum atomic E-state index is 0.248. The number of amides is 1. The lowest BCUT2D eigenvalue weighted by molar-refractivity contribution is -0.135. The smallest absolute Gasteiger partial charge is 0.236 e. The van der Waals surface area contributed by atoms with Crippen LogP contribution in [0.1, 0.15) is 5.56 Å². The van der Waals surface area contributed by atoms with Gasteiger partial charge in [0.05, 0.1) is 26.9 Å². The number of benzene rings is 1. The van der Waals surface area contributed by atoms with E-state index in [2.05, 4.69) is 21.9 Å². The van der Waals surface area contributed by atoms with Crippen LogP contribution in [-0.4, -0.2) is 86.7 Å². The first-order chi connectivity index (χ1) is 11.7. The van der Waals surface area contributed by atoms with Crippen LogP contribution < -0.4 is 4.74 Å². The molecule has 2 aliphatic rings. The molecule has 3 rings (SSSR count). The number of hydrogen-bond donors (Lipinski definition) is 0. The van der Waals surface area contributed by atoms with Crippen molar-refractivity contribution in [2.24, 2.45) is 0 Å². The third-order valence-corrected chi connectivity index (χ3v) is 4.73. The molecule has 1 amide bonds. The van der Waals surface area contributed by atoms with Gasteiger partial charge in [-0.3, -0.25) is 14.6 Å². The Kier molecular flexibility index (Phi) is 6.07. The Morgan fingerprint density at radius 2 is 1.83 bits per heavy atom. The molecule has 0 spiro atoms. The van der Waals surface area contributed by atoms with E-state index in [1.54, 1.807) is 7.11 Å². The second-order valence-electron chi connectivity index (χ2n) is 6.40. The summed E-state index contributed by atoms with van der Waals surface area (Å²) >= 11 is 0. The predicted octanol–water partition coefficient (Wildman–Crippen LogP) is 0.672. The molecule has 24 heavy (non-hydrogen) atoms. The molecule has 0 atom stereocenters. The Hall–Kier alpha value is -1.63. The van der Waals surface area contributed by atoms with Crippen LogP contribution in [0.2, 0.25) is 0 Å². The molecule has 0 saturated carbocycles. The predicted molar refractivity (Wildman–Crippen MR) is 92.1 cm³/mol. The van der Waals surface area contributed by atoms with E-state index in [1.807, 2.05) is 17.0 Å². The minimum Gasteiger partial charge on any atom is -0.497 e. The number of carbonyl (C=O) groups is 1. The Morgan fingerprint density at radius 1 is 1.08 bits per heavy atom. The van der Waals surface area contributed by atoms with Gasteiger partial charge in [-0.25, -0.2) is 0 Å². The van der Waals surface area contributed by atoms with Crippen molar-refractivity contribution in [3.63, 3.8) is 0 Å². The van der Waals surface area contributed by atoms with Gasteiger partial charge in [0.1, 0.15) is 5.75 Å². The molecule has 0 aromatic heterocycles. The number of ether oxygens (including phenoxy) is 2. The van der Waals surface area contributed by atoms with Crippen molar-refractivity contribution in [1.29, 1.82) is 0 Å². The van der Waals surface area contributed by atoms with Gasteiger partial charge in [0.2, 0.25) is 5.91 Å². The van der Waals surface area contributed by atoms with Crippen molar-refractivity contribution in [2.45, 2.75) is 6.54 Å². The molecule has 0 radical (unpaired) electrons. The molecule has 2 fully saturated rings. The number of nitrogens with zero attached hydrogens (tertiary/aromatic N) is 3. The average molecular weight is 333 g/mol. The Bertz CT molecular complexity index is 538. The third-order valence-electron chi connectivity index (χ3n) is 4.73. The summed E-state index contributed by atoms with van der Waals surface area (Å²) in [5.74, 6) is 1.14. The molecule has 2 aliphatic heterocycles. The van der Waals surface area contributed by atoms with Crippen LogP contribution in [-0.2, 0) is 16.1 Å². The van der Waals surface area contributed by atoms with E-state index in [-0.39, 0.29) is 5.91 Å².